The average molecular weight is 300 g/mol. The lowest BCUT2D eigenvalue weighted by atomic mass is 9.78. The van der Waals surface area contributed by atoms with Crippen LogP contribution < -0.4 is 5.32 Å². The SMILES string of the molecule is COCCNCC1(c2ccc(Cl)c(Cl)c2)CC=CC1. The molecule has 0 heterocycles. The highest BCUT2D eigenvalue weighted by atomic mass is 35.5. The third-order valence-electron chi connectivity index (χ3n) is 3.66. The predicted octanol–water partition coefficient (Wildman–Crippen LogP) is 3.82. The van der Waals surface area contributed by atoms with Gasteiger partial charge in [-0.3, -0.25) is 0 Å². The zero-order chi connectivity index (χ0) is 13.7. The third kappa shape index (κ3) is 3.51. The number of rotatable bonds is 6. The highest BCUT2D eigenvalue weighted by Gasteiger charge is 2.32. The van der Waals surface area contributed by atoms with Gasteiger partial charge in [0.1, 0.15) is 0 Å². The summed E-state index contributed by atoms with van der Waals surface area (Å²) in [5.41, 5.74) is 1.35. The molecule has 0 spiro atoms. The number of hydrogen-bond donors (Lipinski definition) is 1. The van der Waals surface area contributed by atoms with Crippen molar-refractivity contribution in [1.29, 1.82) is 0 Å². The Morgan fingerprint density at radius 1 is 1.21 bits per heavy atom. The lowest BCUT2D eigenvalue weighted by molar-refractivity contribution is 0.196. The van der Waals surface area contributed by atoms with E-state index in [1.807, 2.05) is 12.1 Å². The molecule has 0 atom stereocenters. The van der Waals surface area contributed by atoms with Gasteiger partial charge in [0.05, 0.1) is 16.7 Å². The summed E-state index contributed by atoms with van der Waals surface area (Å²) < 4.78 is 5.06. The number of ether oxygens (including phenoxy) is 1. The van der Waals surface area contributed by atoms with Crippen molar-refractivity contribution in [2.24, 2.45) is 0 Å². The van der Waals surface area contributed by atoms with Crippen molar-refractivity contribution in [3.8, 4) is 0 Å². The Balaban J connectivity index is 2.12. The number of nitrogens with one attached hydrogen (secondary N) is 1. The van der Waals surface area contributed by atoms with Crippen molar-refractivity contribution in [3.05, 3.63) is 46.0 Å². The molecule has 0 aromatic heterocycles. The minimum atomic E-state index is 0.0992. The number of hydrogen-bond acceptors (Lipinski definition) is 2. The molecule has 2 rings (SSSR count). The molecule has 0 saturated carbocycles. The largest absolute Gasteiger partial charge is 0.383 e. The molecule has 104 valence electrons. The van der Waals surface area contributed by atoms with E-state index in [2.05, 4.69) is 23.5 Å². The summed E-state index contributed by atoms with van der Waals surface area (Å²) in [4.78, 5) is 0. The van der Waals surface area contributed by atoms with E-state index in [0.29, 0.717) is 10.0 Å². The van der Waals surface area contributed by atoms with E-state index in [4.69, 9.17) is 27.9 Å². The van der Waals surface area contributed by atoms with Gasteiger partial charge in [0, 0.05) is 25.6 Å². The molecule has 0 aliphatic heterocycles. The number of benzene rings is 1. The predicted molar refractivity (Wildman–Crippen MR) is 81.3 cm³/mol. The van der Waals surface area contributed by atoms with Crippen LogP contribution in [0.15, 0.2) is 30.4 Å². The first-order chi connectivity index (χ1) is 9.18. The standard InChI is InChI=1S/C15H19Cl2NO/c1-19-9-8-18-11-15(6-2-3-7-15)12-4-5-13(16)14(17)10-12/h2-5,10,18H,6-9,11H2,1H3. The Morgan fingerprint density at radius 2 is 1.95 bits per heavy atom. The molecule has 0 radical (unpaired) electrons. The highest BCUT2D eigenvalue weighted by Crippen LogP contribution is 2.38. The first kappa shape index (κ1) is 14.9. The molecule has 2 nitrogen and oxygen atoms in total. The fourth-order valence-electron chi connectivity index (χ4n) is 2.51. The molecule has 19 heavy (non-hydrogen) atoms. The van der Waals surface area contributed by atoms with Crippen LogP contribution in [0.1, 0.15) is 18.4 Å². The molecule has 1 aliphatic carbocycles. The molecular formula is C15H19Cl2NO. The molecule has 0 amide bonds. The van der Waals surface area contributed by atoms with Crippen LogP contribution in [0.3, 0.4) is 0 Å². The smallest absolute Gasteiger partial charge is 0.0595 e. The lowest BCUT2D eigenvalue weighted by Gasteiger charge is -2.30. The van der Waals surface area contributed by atoms with E-state index in [9.17, 15) is 0 Å². The van der Waals surface area contributed by atoms with Crippen LogP contribution >= 0.6 is 23.2 Å². The summed E-state index contributed by atoms with van der Waals surface area (Å²) in [6, 6.07) is 5.96. The van der Waals surface area contributed by atoms with Crippen molar-refractivity contribution in [2.45, 2.75) is 18.3 Å². The van der Waals surface area contributed by atoms with Gasteiger partial charge < -0.3 is 10.1 Å². The topological polar surface area (TPSA) is 21.3 Å². The Morgan fingerprint density at radius 3 is 2.58 bits per heavy atom. The van der Waals surface area contributed by atoms with Gasteiger partial charge in [0.25, 0.3) is 0 Å². The van der Waals surface area contributed by atoms with E-state index in [0.717, 1.165) is 32.5 Å². The second kappa shape index (κ2) is 6.76. The molecule has 1 aromatic rings. The van der Waals surface area contributed by atoms with Crippen molar-refractivity contribution in [3.63, 3.8) is 0 Å². The second-order valence-corrected chi connectivity index (χ2v) is 5.77. The minimum Gasteiger partial charge on any atom is -0.383 e. The highest BCUT2D eigenvalue weighted by molar-refractivity contribution is 6.42. The molecular weight excluding hydrogens is 281 g/mol. The van der Waals surface area contributed by atoms with Crippen LogP contribution in [0.25, 0.3) is 0 Å². The maximum atomic E-state index is 6.15. The van der Waals surface area contributed by atoms with E-state index in [-0.39, 0.29) is 5.41 Å². The number of methoxy groups -OCH3 is 1. The summed E-state index contributed by atoms with van der Waals surface area (Å²) in [5, 5.41) is 4.70. The third-order valence-corrected chi connectivity index (χ3v) is 4.40. The van der Waals surface area contributed by atoms with Gasteiger partial charge in [0.2, 0.25) is 0 Å². The van der Waals surface area contributed by atoms with Crippen molar-refractivity contribution in [1.82, 2.24) is 5.32 Å². The van der Waals surface area contributed by atoms with Gasteiger partial charge in [-0.15, -0.1) is 0 Å². The number of allylic oxidation sites excluding steroid dienone is 2. The summed E-state index contributed by atoms with van der Waals surface area (Å²) >= 11 is 12.1. The molecule has 4 heteroatoms. The second-order valence-electron chi connectivity index (χ2n) is 4.96. The summed E-state index contributed by atoms with van der Waals surface area (Å²) in [6.45, 7) is 2.51. The Bertz CT molecular complexity index is 451. The zero-order valence-electron chi connectivity index (χ0n) is 11.1. The summed E-state index contributed by atoms with van der Waals surface area (Å²) in [7, 11) is 1.72. The lowest BCUT2D eigenvalue weighted by Crippen LogP contribution is -2.37. The maximum absolute atomic E-state index is 6.15. The quantitative estimate of drug-likeness (QED) is 0.637. The monoisotopic (exact) mass is 299 g/mol. The van der Waals surface area contributed by atoms with Gasteiger partial charge in [-0.05, 0) is 30.5 Å². The molecule has 0 fully saturated rings. The van der Waals surface area contributed by atoms with E-state index in [1.165, 1.54) is 5.56 Å². The van der Waals surface area contributed by atoms with Crippen LogP contribution in [-0.2, 0) is 10.2 Å². The van der Waals surface area contributed by atoms with Gasteiger partial charge in [-0.25, -0.2) is 0 Å². The van der Waals surface area contributed by atoms with E-state index >= 15 is 0 Å². The fraction of sp³-hybridized carbons (Fsp3) is 0.467. The normalized spacial score (nSPS) is 17.0. The average Bonchev–Trinajstić information content (AvgIpc) is 2.88. The molecule has 1 aromatic carbocycles. The van der Waals surface area contributed by atoms with Crippen molar-refractivity contribution >= 4 is 23.2 Å². The van der Waals surface area contributed by atoms with Gasteiger partial charge in [0.15, 0.2) is 0 Å². The summed E-state index contributed by atoms with van der Waals surface area (Å²) in [5.74, 6) is 0. The van der Waals surface area contributed by atoms with Crippen LogP contribution in [-0.4, -0.2) is 26.8 Å². The van der Waals surface area contributed by atoms with Crippen LogP contribution in [0.2, 0.25) is 10.0 Å². The zero-order valence-corrected chi connectivity index (χ0v) is 12.6. The van der Waals surface area contributed by atoms with E-state index in [1.54, 1.807) is 7.11 Å². The van der Waals surface area contributed by atoms with Crippen LogP contribution in [0.4, 0.5) is 0 Å². The number of halogens is 2. The first-order valence-corrected chi connectivity index (χ1v) is 7.24. The summed E-state index contributed by atoms with van der Waals surface area (Å²) in [6.07, 6.45) is 6.54. The van der Waals surface area contributed by atoms with Crippen LogP contribution in [0, 0.1) is 0 Å². The Labute approximate surface area is 124 Å². The molecule has 0 unspecified atom stereocenters. The molecule has 1 N–H and O–H groups in total. The molecule has 0 saturated heterocycles. The van der Waals surface area contributed by atoms with Crippen molar-refractivity contribution < 1.29 is 4.74 Å². The molecule has 1 aliphatic rings. The Kier molecular flexibility index (Phi) is 5.28. The minimum absolute atomic E-state index is 0.0992. The first-order valence-electron chi connectivity index (χ1n) is 6.48. The van der Waals surface area contributed by atoms with Gasteiger partial charge in [-0.1, -0.05) is 41.4 Å². The molecule has 0 bridgehead atoms. The van der Waals surface area contributed by atoms with Gasteiger partial charge >= 0.3 is 0 Å². The maximum Gasteiger partial charge on any atom is 0.0595 e. The van der Waals surface area contributed by atoms with Gasteiger partial charge in [-0.2, -0.15) is 0 Å². The van der Waals surface area contributed by atoms with E-state index < -0.39 is 0 Å². The fourth-order valence-corrected chi connectivity index (χ4v) is 2.81. The van der Waals surface area contributed by atoms with Crippen LogP contribution in [0.5, 0.6) is 0 Å². The van der Waals surface area contributed by atoms with Crippen molar-refractivity contribution in [2.75, 3.05) is 26.8 Å². The Hall–Kier alpha value is -0.540.